The number of para-hydroxylation sites is 2. The normalized spacial score (nSPS) is 11.3. The summed E-state index contributed by atoms with van der Waals surface area (Å²) >= 11 is 1.66. The molecule has 0 aliphatic carbocycles. The molecule has 5 aromatic rings. The lowest BCUT2D eigenvalue weighted by Crippen LogP contribution is -2.01. The Morgan fingerprint density at radius 2 is 1.60 bits per heavy atom. The number of aromatic nitrogens is 2. The van der Waals surface area contributed by atoms with Crippen LogP contribution in [0.25, 0.3) is 45.1 Å². The van der Waals surface area contributed by atoms with Crippen LogP contribution in [0.2, 0.25) is 0 Å². The predicted octanol–water partition coefficient (Wildman–Crippen LogP) is 5.81. The monoisotopic (exact) mass is 416 g/mol. The quantitative estimate of drug-likeness (QED) is 0.270. The number of benzene rings is 3. The Labute approximate surface area is 175 Å². The second-order valence-electron chi connectivity index (χ2n) is 6.57. The van der Waals surface area contributed by atoms with Crippen molar-refractivity contribution in [2.75, 3.05) is 13.4 Å². The van der Waals surface area contributed by atoms with Crippen molar-refractivity contribution < 1.29 is 18.4 Å². The number of carbonyl (C=O) groups is 1. The van der Waals surface area contributed by atoms with E-state index < -0.39 is 5.97 Å². The van der Waals surface area contributed by atoms with Crippen LogP contribution in [-0.4, -0.2) is 29.3 Å². The van der Waals surface area contributed by atoms with E-state index in [-0.39, 0.29) is 0 Å². The van der Waals surface area contributed by atoms with E-state index in [0.717, 1.165) is 10.5 Å². The third kappa shape index (κ3) is 3.04. The molecule has 30 heavy (non-hydrogen) atoms. The number of ether oxygens (including phenoxy) is 1. The zero-order valence-electron chi connectivity index (χ0n) is 16.2. The molecule has 0 unspecified atom stereocenters. The van der Waals surface area contributed by atoms with Gasteiger partial charge in [-0.3, -0.25) is 0 Å². The van der Waals surface area contributed by atoms with Gasteiger partial charge in [0.05, 0.1) is 18.2 Å². The lowest BCUT2D eigenvalue weighted by atomic mass is 10.2. The highest BCUT2D eigenvalue weighted by atomic mass is 32.2. The molecule has 0 saturated carbocycles. The Balaban J connectivity index is 1.66. The second kappa shape index (κ2) is 7.35. The molecule has 0 radical (unpaired) electrons. The summed E-state index contributed by atoms with van der Waals surface area (Å²) in [6.45, 7) is 0. The third-order valence-electron chi connectivity index (χ3n) is 4.79. The lowest BCUT2D eigenvalue weighted by Gasteiger charge is -1.98. The molecular weight excluding hydrogens is 400 g/mol. The number of oxazole rings is 2. The van der Waals surface area contributed by atoms with Crippen molar-refractivity contribution in [1.29, 1.82) is 0 Å². The van der Waals surface area contributed by atoms with Crippen LogP contribution in [0.15, 0.2) is 74.4 Å². The van der Waals surface area contributed by atoms with E-state index in [4.69, 9.17) is 18.6 Å². The first-order chi connectivity index (χ1) is 14.7. The molecule has 0 aliphatic rings. The Hall–Kier alpha value is -3.58. The van der Waals surface area contributed by atoms with E-state index in [1.807, 2.05) is 48.7 Å². The van der Waals surface area contributed by atoms with Crippen molar-refractivity contribution in [3.8, 4) is 22.9 Å². The van der Waals surface area contributed by atoms with Crippen molar-refractivity contribution in [1.82, 2.24) is 9.97 Å². The first kappa shape index (κ1) is 18.4. The van der Waals surface area contributed by atoms with Crippen LogP contribution in [0.5, 0.6) is 0 Å². The number of hydrogen-bond donors (Lipinski definition) is 0. The predicted molar refractivity (Wildman–Crippen MR) is 116 cm³/mol. The number of hydrogen-bond acceptors (Lipinski definition) is 7. The van der Waals surface area contributed by atoms with Gasteiger partial charge >= 0.3 is 5.97 Å². The first-order valence-electron chi connectivity index (χ1n) is 9.20. The molecule has 3 aromatic carbocycles. The molecule has 0 saturated heterocycles. The number of rotatable bonds is 4. The molecule has 0 N–H and O–H groups in total. The lowest BCUT2D eigenvalue weighted by molar-refractivity contribution is 0.0602. The summed E-state index contributed by atoms with van der Waals surface area (Å²) < 4.78 is 16.8. The fourth-order valence-electron chi connectivity index (χ4n) is 3.34. The standard InChI is InChI=1S/C23H16N2O4S/c1-27-23(26)16-9-5-11-18-20(16)25-22(29-18)15-8-4-10-17-19(15)24-21(28-17)13-6-3-7-14(12-13)30-2/h3-12H,1-2H3. The van der Waals surface area contributed by atoms with Gasteiger partial charge in [-0.15, -0.1) is 11.8 Å². The maximum absolute atomic E-state index is 12.1. The third-order valence-corrected chi connectivity index (χ3v) is 5.52. The summed E-state index contributed by atoms with van der Waals surface area (Å²) in [4.78, 5) is 22.5. The number of nitrogens with zero attached hydrogens (tertiary/aromatic N) is 2. The molecule has 0 spiro atoms. The van der Waals surface area contributed by atoms with Gasteiger partial charge in [0.2, 0.25) is 11.8 Å². The summed E-state index contributed by atoms with van der Waals surface area (Å²) in [6, 6.07) is 18.8. The first-order valence-corrected chi connectivity index (χ1v) is 10.4. The van der Waals surface area contributed by atoms with Gasteiger partial charge < -0.3 is 13.6 Å². The van der Waals surface area contributed by atoms with Crippen LogP contribution >= 0.6 is 11.8 Å². The molecule has 0 fully saturated rings. The molecule has 2 aromatic heterocycles. The molecule has 2 heterocycles. The fraction of sp³-hybridized carbons (Fsp3) is 0.0870. The second-order valence-corrected chi connectivity index (χ2v) is 7.45. The average Bonchev–Trinajstić information content (AvgIpc) is 3.42. The minimum Gasteiger partial charge on any atom is -0.465 e. The SMILES string of the molecule is COC(=O)c1cccc2oc(-c3cccc4oc(-c5cccc(SC)c5)nc34)nc12. The molecule has 6 nitrogen and oxygen atoms in total. The van der Waals surface area contributed by atoms with Gasteiger partial charge in [0.25, 0.3) is 0 Å². The Kier molecular flexibility index (Phi) is 4.52. The summed E-state index contributed by atoms with van der Waals surface area (Å²) in [7, 11) is 1.34. The van der Waals surface area contributed by atoms with Crippen LogP contribution < -0.4 is 0 Å². The molecule has 0 aliphatic heterocycles. The molecular formula is C23H16N2O4S. The highest BCUT2D eigenvalue weighted by Crippen LogP contribution is 2.34. The number of fused-ring (bicyclic) bond motifs is 2. The Morgan fingerprint density at radius 3 is 2.40 bits per heavy atom. The van der Waals surface area contributed by atoms with E-state index in [0.29, 0.717) is 45.1 Å². The topological polar surface area (TPSA) is 78.4 Å². The number of thioether (sulfide) groups is 1. The van der Waals surface area contributed by atoms with Crippen molar-refractivity contribution >= 4 is 39.9 Å². The van der Waals surface area contributed by atoms with Crippen LogP contribution in [-0.2, 0) is 4.74 Å². The average molecular weight is 416 g/mol. The maximum Gasteiger partial charge on any atom is 0.340 e. The molecule has 0 amide bonds. The van der Waals surface area contributed by atoms with Gasteiger partial charge in [-0.05, 0) is 48.7 Å². The van der Waals surface area contributed by atoms with Crippen LogP contribution in [0, 0.1) is 0 Å². The van der Waals surface area contributed by atoms with E-state index in [1.54, 1.807) is 30.0 Å². The van der Waals surface area contributed by atoms with Gasteiger partial charge in [0.15, 0.2) is 11.2 Å². The number of methoxy groups -OCH3 is 1. The molecule has 148 valence electrons. The number of carbonyl (C=O) groups excluding carboxylic acids is 1. The summed E-state index contributed by atoms with van der Waals surface area (Å²) in [6.07, 6.45) is 2.03. The Morgan fingerprint density at radius 1 is 0.900 bits per heavy atom. The Bertz CT molecular complexity index is 1400. The smallest absolute Gasteiger partial charge is 0.340 e. The summed E-state index contributed by atoms with van der Waals surface area (Å²) in [5.41, 5.74) is 4.17. The van der Waals surface area contributed by atoms with Crippen LogP contribution in [0.3, 0.4) is 0 Å². The van der Waals surface area contributed by atoms with Crippen molar-refractivity contribution in [2.45, 2.75) is 4.90 Å². The molecule has 0 bridgehead atoms. The zero-order chi connectivity index (χ0) is 20.7. The minimum atomic E-state index is -0.462. The largest absolute Gasteiger partial charge is 0.465 e. The van der Waals surface area contributed by atoms with E-state index in [1.165, 1.54) is 7.11 Å². The van der Waals surface area contributed by atoms with Crippen molar-refractivity contribution in [3.63, 3.8) is 0 Å². The van der Waals surface area contributed by atoms with Gasteiger partial charge in [-0.2, -0.15) is 0 Å². The van der Waals surface area contributed by atoms with Crippen molar-refractivity contribution in [2.24, 2.45) is 0 Å². The maximum atomic E-state index is 12.1. The van der Waals surface area contributed by atoms with E-state index in [9.17, 15) is 4.79 Å². The number of esters is 1. The van der Waals surface area contributed by atoms with Gasteiger partial charge in [-0.25, -0.2) is 14.8 Å². The highest BCUT2D eigenvalue weighted by molar-refractivity contribution is 7.98. The van der Waals surface area contributed by atoms with Crippen LogP contribution in [0.1, 0.15) is 10.4 Å². The van der Waals surface area contributed by atoms with E-state index in [2.05, 4.69) is 4.98 Å². The summed E-state index contributed by atoms with van der Waals surface area (Å²) in [5, 5.41) is 0. The van der Waals surface area contributed by atoms with Crippen LogP contribution in [0.4, 0.5) is 0 Å². The fourth-order valence-corrected chi connectivity index (χ4v) is 3.80. The van der Waals surface area contributed by atoms with Gasteiger partial charge in [0, 0.05) is 10.5 Å². The molecule has 5 rings (SSSR count). The van der Waals surface area contributed by atoms with Crippen molar-refractivity contribution in [3.05, 3.63) is 66.2 Å². The highest BCUT2D eigenvalue weighted by Gasteiger charge is 2.20. The van der Waals surface area contributed by atoms with E-state index >= 15 is 0 Å². The van der Waals surface area contributed by atoms with Gasteiger partial charge in [0.1, 0.15) is 11.0 Å². The zero-order valence-corrected chi connectivity index (χ0v) is 17.0. The van der Waals surface area contributed by atoms with Gasteiger partial charge in [-0.1, -0.05) is 18.2 Å². The summed E-state index contributed by atoms with van der Waals surface area (Å²) in [5.74, 6) is 0.431. The minimum absolute atomic E-state index is 0.354. The molecule has 0 atom stereocenters. The molecule has 7 heteroatoms.